The van der Waals surface area contributed by atoms with Crippen LogP contribution in [0, 0.1) is 0 Å². The van der Waals surface area contributed by atoms with E-state index in [1.54, 1.807) is 18.2 Å². The Labute approximate surface area is 160 Å². The summed E-state index contributed by atoms with van der Waals surface area (Å²) in [6.07, 6.45) is 0. The molecule has 136 valence electrons. The molecule has 0 fully saturated rings. The number of benzene rings is 2. The van der Waals surface area contributed by atoms with Gasteiger partial charge >= 0.3 is 5.97 Å². The number of nitrogens with zero attached hydrogens (tertiary/aromatic N) is 1. The Hall–Kier alpha value is -3.05. The molecule has 27 heavy (non-hydrogen) atoms. The second-order valence-corrected chi connectivity index (χ2v) is 6.52. The van der Waals surface area contributed by atoms with Crippen molar-refractivity contribution in [3.8, 4) is 17.2 Å². The zero-order valence-corrected chi connectivity index (χ0v) is 15.6. The van der Waals surface area contributed by atoms with Gasteiger partial charge in [0.15, 0.2) is 11.5 Å². The fourth-order valence-electron chi connectivity index (χ4n) is 3.38. The summed E-state index contributed by atoms with van der Waals surface area (Å²) in [5.41, 5.74) is 2.02. The van der Waals surface area contributed by atoms with Gasteiger partial charge < -0.3 is 14.6 Å². The molecule has 0 aliphatic rings. The molecule has 4 rings (SSSR count). The summed E-state index contributed by atoms with van der Waals surface area (Å²) in [7, 11) is 0. The number of hydrogen-bond donors (Lipinski definition) is 1. The van der Waals surface area contributed by atoms with Crippen molar-refractivity contribution in [1.82, 2.24) is 0 Å². The van der Waals surface area contributed by atoms with E-state index in [1.807, 2.05) is 41.7 Å². The maximum Gasteiger partial charge on any atom is 0.308 e. The van der Waals surface area contributed by atoms with Crippen LogP contribution in [0.5, 0.6) is 17.2 Å². The molecule has 0 aliphatic heterocycles. The van der Waals surface area contributed by atoms with Crippen LogP contribution in [0.3, 0.4) is 0 Å². The average Bonchev–Trinajstić information content (AvgIpc) is 2.64. The molecule has 0 aliphatic carbocycles. The number of carbonyl (C=O) groups excluding carboxylic acids is 1. The second-order valence-electron chi connectivity index (χ2n) is 6.11. The number of esters is 1. The predicted octanol–water partition coefficient (Wildman–Crippen LogP) is 4.41. The van der Waals surface area contributed by atoms with E-state index < -0.39 is 5.97 Å². The third kappa shape index (κ3) is 2.80. The van der Waals surface area contributed by atoms with Crippen molar-refractivity contribution in [3.63, 3.8) is 0 Å². The van der Waals surface area contributed by atoms with Gasteiger partial charge in [0.1, 0.15) is 11.1 Å². The number of aromatic hydroxyl groups is 1. The first-order valence-corrected chi connectivity index (χ1v) is 8.92. The topological polar surface area (TPSA) is 59.9 Å². The van der Waals surface area contributed by atoms with Crippen molar-refractivity contribution in [3.05, 3.63) is 53.6 Å². The van der Waals surface area contributed by atoms with Gasteiger partial charge in [0.05, 0.1) is 29.1 Å². The summed E-state index contributed by atoms with van der Waals surface area (Å²) in [6, 6.07) is 14.3. The lowest BCUT2D eigenvalue weighted by Gasteiger charge is -2.11. The van der Waals surface area contributed by atoms with Crippen molar-refractivity contribution >= 4 is 44.9 Å². The molecule has 0 bridgehead atoms. The fourth-order valence-corrected chi connectivity index (χ4v) is 3.63. The monoisotopic (exact) mass is 382 g/mol. The highest BCUT2D eigenvalue weighted by Crippen LogP contribution is 2.38. The van der Waals surface area contributed by atoms with Gasteiger partial charge in [-0.1, -0.05) is 23.7 Å². The number of phenolic OH excluding ortho intramolecular Hbond substituents is 1. The largest absolute Gasteiger partial charge is 0.502 e. The van der Waals surface area contributed by atoms with E-state index in [0.717, 1.165) is 10.9 Å². The summed E-state index contributed by atoms with van der Waals surface area (Å²) in [6.45, 7) is 3.69. The van der Waals surface area contributed by atoms with Crippen LogP contribution in [0.1, 0.15) is 13.8 Å². The Morgan fingerprint density at radius 1 is 1.15 bits per heavy atom. The van der Waals surface area contributed by atoms with Gasteiger partial charge in [0.2, 0.25) is 11.0 Å². The van der Waals surface area contributed by atoms with Gasteiger partial charge in [-0.25, -0.2) is 0 Å². The van der Waals surface area contributed by atoms with Gasteiger partial charge in [0, 0.05) is 13.0 Å². The predicted molar refractivity (Wildman–Crippen MR) is 104 cm³/mol. The van der Waals surface area contributed by atoms with E-state index in [1.165, 1.54) is 6.92 Å². The smallest absolute Gasteiger partial charge is 0.308 e. The number of ether oxygens (including phenoxy) is 2. The number of hydrogen-bond acceptors (Lipinski definition) is 4. The van der Waals surface area contributed by atoms with Gasteiger partial charge in [-0.2, -0.15) is 0 Å². The van der Waals surface area contributed by atoms with Crippen LogP contribution in [0.15, 0.2) is 48.5 Å². The summed E-state index contributed by atoms with van der Waals surface area (Å²) in [5, 5.41) is 12.5. The number of phenols is 1. The molecule has 0 saturated carbocycles. The molecule has 1 N–H and O–H groups in total. The lowest BCUT2D eigenvalue weighted by molar-refractivity contribution is -0.451. The highest BCUT2D eigenvalue weighted by Gasteiger charge is 2.25. The summed E-state index contributed by atoms with van der Waals surface area (Å²) in [4.78, 5) is 11.6. The van der Waals surface area contributed by atoms with Gasteiger partial charge in [-0.15, -0.1) is 4.40 Å². The van der Waals surface area contributed by atoms with E-state index in [0.29, 0.717) is 39.5 Å². The molecule has 4 aromatic rings. The summed E-state index contributed by atoms with van der Waals surface area (Å²) >= 11 is 6.45. The molecule has 2 heterocycles. The van der Waals surface area contributed by atoms with Crippen molar-refractivity contribution in [1.29, 1.82) is 0 Å². The van der Waals surface area contributed by atoms with E-state index in [2.05, 4.69) is 0 Å². The van der Waals surface area contributed by atoms with Crippen molar-refractivity contribution in [2.24, 2.45) is 0 Å². The Kier molecular flexibility index (Phi) is 4.24. The maximum atomic E-state index is 11.6. The molecule has 0 atom stereocenters. The lowest BCUT2D eigenvalue weighted by Crippen LogP contribution is -2.25. The molecule has 6 heteroatoms. The molecule has 5 nitrogen and oxygen atoms in total. The first-order chi connectivity index (χ1) is 13.0. The Balaban J connectivity index is 2.27. The Morgan fingerprint density at radius 3 is 2.63 bits per heavy atom. The number of pyridine rings is 2. The first kappa shape index (κ1) is 17.4. The molecule has 0 unspecified atom stereocenters. The number of halogens is 1. The molecule has 2 aromatic heterocycles. The normalized spacial score (nSPS) is 11.2. The van der Waals surface area contributed by atoms with Crippen LogP contribution >= 0.6 is 11.6 Å². The Bertz CT molecular complexity index is 1220. The molecule has 0 spiro atoms. The molecule has 0 radical (unpaired) electrons. The SMILES string of the molecule is CCOc1cc2cc(OC(C)=O)c3ccccc3[n+]2c2c(O)ccc(Cl)c12. The van der Waals surface area contributed by atoms with Gasteiger partial charge in [0.25, 0.3) is 5.52 Å². The van der Waals surface area contributed by atoms with Crippen LogP contribution in [-0.4, -0.2) is 17.7 Å². The van der Waals surface area contributed by atoms with Crippen LogP contribution in [0.25, 0.3) is 27.3 Å². The molecule has 2 aromatic carbocycles. The summed E-state index contributed by atoms with van der Waals surface area (Å²) < 4.78 is 13.1. The lowest BCUT2D eigenvalue weighted by atomic mass is 10.1. The van der Waals surface area contributed by atoms with Gasteiger partial charge in [-0.3, -0.25) is 4.79 Å². The molecular formula is C21H17ClNO4+. The summed E-state index contributed by atoms with van der Waals surface area (Å²) in [5.74, 6) is 0.677. The third-order valence-electron chi connectivity index (χ3n) is 4.36. The van der Waals surface area contributed by atoms with Crippen molar-refractivity contribution in [2.75, 3.05) is 6.61 Å². The standard InChI is InChI=1S/C21H16ClNO4/c1-3-26-19-11-13-10-18(27-12(2)24)14-6-4-5-7-16(14)23(13)21-17(25)9-8-15(22)20(19)21/h4-11H,3H2,1-2H3/p+1. The highest BCUT2D eigenvalue weighted by atomic mass is 35.5. The quantitative estimate of drug-likeness (QED) is 0.324. The van der Waals surface area contributed by atoms with Crippen molar-refractivity contribution in [2.45, 2.75) is 13.8 Å². The number of rotatable bonds is 3. The van der Waals surface area contributed by atoms with Crippen LogP contribution in [0.2, 0.25) is 5.02 Å². The highest BCUT2D eigenvalue weighted by molar-refractivity contribution is 6.36. The molecule has 0 saturated heterocycles. The number of para-hydroxylation sites is 1. The average molecular weight is 383 g/mol. The first-order valence-electron chi connectivity index (χ1n) is 8.54. The second kappa shape index (κ2) is 6.59. The minimum absolute atomic E-state index is 0.0799. The van der Waals surface area contributed by atoms with Crippen LogP contribution in [0.4, 0.5) is 0 Å². The maximum absolute atomic E-state index is 11.6. The van der Waals surface area contributed by atoms with Gasteiger partial charge in [-0.05, 0) is 25.1 Å². The van der Waals surface area contributed by atoms with E-state index in [9.17, 15) is 9.90 Å². The van der Waals surface area contributed by atoms with Crippen molar-refractivity contribution < 1.29 is 23.8 Å². The number of aromatic nitrogens is 1. The van der Waals surface area contributed by atoms with E-state index in [-0.39, 0.29) is 5.75 Å². The van der Waals surface area contributed by atoms with E-state index in [4.69, 9.17) is 21.1 Å². The minimum atomic E-state index is -0.402. The zero-order valence-electron chi connectivity index (χ0n) is 14.8. The van der Waals surface area contributed by atoms with Crippen LogP contribution in [-0.2, 0) is 4.79 Å². The molecular weight excluding hydrogens is 366 g/mol. The van der Waals surface area contributed by atoms with E-state index >= 15 is 0 Å². The van der Waals surface area contributed by atoms with Crippen LogP contribution < -0.4 is 13.9 Å². The molecule has 0 amide bonds. The number of fused-ring (bicyclic) bond motifs is 5. The Morgan fingerprint density at radius 2 is 1.89 bits per heavy atom. The minimum Gasteiger partial charge on any atom is -0.502 e. The third-order valence-corrected chi connectivity index (χ3v) is 4.67. The fraction of sp³-hybridized carbons (Fsp3) is 0.143. The number of carbonyl (C=O) groups is 1. The zero-order chi connectivity index (χ0) is 19.1.